The molecule has 3 rings (SSSR count). The van der Waals surface area contributed by atoms with Crippen molar-refractivity contribution in [2.24, 2.45) is 5.92 Å². The van der Waals surface area contributed by atoms with Crippen molar-refractivity contribution in [1.82, 2.24) is 15.5 Å². The molecule has 3 N–H and O–H groups in total. The Morgan fingerprint density at radius 3 is 2.70 bits per heavy atom. The fraction of sp³-hybridized carbons (Fsp3) is 0.588. The number of aliphatic hydroxyl groups excluding tert-OH is 1. The summed E-state index contributed by atoms with van der Waals surface area (Å²) in [7, 11) is 0. The summed E-state index contributed by atoms with van der Waals surface area (Å²) >= 11 is 0. The highest BCUT2D eigenvalue weighted by molar-refractivity contribution is 5.73. The lowest BCUT2D eigenvalue weighted by atomic mass is 10.1. The van der Waals surface area contributed by atoms with Gasteiger partial charge in [0.1, 0.15) is 5.82 Å². The van der Waals surface area contributed by atoms with E-state index >= 15 is 0 Å². The molecule has 0 bridgehead atoms. The highest BCUT2D eigenvalue weighted by atomic mass is 19.1. The number of halogens is 1. The van der Waals surface area contributed by atoms with E-state index in [0.29, 0.717) is 18.0 Å². The van der Waals surface area contributed by atoms with Crippen LogP contribution >= 0.6 is 0 Å². The highest BCUT2D eigenvalue weighted by Gasteiger charge is 2.34. The molecule has 1 aromatic carbocycles. The van der Waals surface area contributed by atoms with Gasteiger partial charge in [-0.05, 0) is 49.4 Å². The number of rotatable bonds is 6. The van der Waals surface area contributed by atoms with Crippen molar-refractivity contribution < 1.29 is 14.3 Å². The maximum atomic E-state index is 12.8. The molecule has 1 aromatic rings. The summed E-state index contributed by atoms with van der Waals surface area (Å²) < 4.78 is 12.8. The van der Waals surface area contributed by atoms with E-state index in [1.54, 1.807) is 0 Å². The number of carbonyl (C=O) groups is 1. The van der Waals surface area contributed by atoms with Crippen LogP contribution in [0.4, 0.5) is 9.18 Å². The summed E-state index contributed by atoms with van der Waals surface area (Å²) in [6, 6.07) is 6.15. The van der Waals surface area contributed by atoms with Crippen molar-refractivity contribution in [2.75, 3.05) is 26.2 Å². The number of urea groups is 1. The first-order valence-corrected chi connectivity index (χ1v) is 8.31. The van der Waals surface area contributed by atoms with E-state index in [-0.39, 0.29) is 18.4 Å². The molecule has 2 amide bonds. The van der Waals surface area contributed by atoms with E-state index in [2.05, 4.69) is 15.5 Å². The molecule has 0 radical (unpaired) electrons. The van der Waals surface area contributed by atoms with Crippen LogP contribution < -0.4 is 10.6 Å². The van der Waals surface area contributed by atoms with Gasteiger partial charge in [-0.3, -0.25) is 0 Å². The molecular weight excluding hydrogens is 297 g/mol. The zero-order chi connectivity index (χ0) is 16.2. The van der Waals surface area contributed by atoms with E-state index in [4.69, 9.17) is 0 Å². The minimum Gasteiger partial charge on any atom is -0.387 e. The lowest BCUT2D eigenvalue weighted by Crippen LogP contribution is -2.40. The SMILES string of the molecule is O=C(NCC1CCN(C2CC2)C1)NCC(O)c1ccc(F)cc1. The van der Waals surface area contributed by atoms with E-state index in [1.165, 1.54) is 37.1 Å². The second-order valence-electron chi connectivity index (χ2n) is 6.54. The maximum Gasteiger partial charge on any atom is 0.314 e. The molecule has 1 heterocycles. The number of nitrogens with one attached hydrogen (secondary N) is 2. The van der Waals surface area contributed by atoms with Crippen molar-refractivity contribution in [1.29, 1.82) is 0 Å². The first-order valence-electron chi connectivity index (χ1n) is 8.31. The molecule has 2 fully saturated rings. The Balaban J connectivity index is 1.34. The molecule has 0 aromatic heterocycles. The Morgan fingerprint density at radius 2 is 2.00 bits per heavy atom. The van der Waals surface area contributed by atoms with Gasteiger partial charge in [0.25, 0.3) is 0 Å². The summed E-state index contributed by atoms with van der Waals surface area (Å²) in [5.74, 6) is 0.173. The average molecular weight is 321 g/mol. The second kappa shape index (κ2) is 7.27. The van der Waals surface area contributed by atoms with Crippen molar-refractivity contribution in [3.8, 4) is 0 Å². The number of hydrogen-bond donors (Lipinski definition) is 3. The largest absolute Gasteiger partial charge is 0.387 e. The Labute approximate surface area is 135 Å². The molecule has 2 unspecified atom stereocenters. The third-order valence-corrected chi connectivity index (χ3v) is 4.64. The Kier molecular flexibility index (Phi) is 5.13. The fourth-order valence-corrected chi connectivity index (χ4v) is 3.09. The smallest absolute Gasteiger partial charge is 0.314 e. The zero-order valence-electron chi connectivity index (χ0n) is 13.2. The highest BCUT2D eigenvalue weighted by Crippen LogP contribution is 2.31. The summed E-state index contributed by atoms with van der Waals surface area (Å²) in [6.45, 7) is 2.99. The molecule has 5 nitrogen and oxygen atoms in total. The van der Waals surface area contributed by atoms with Crippen LogP contribution in [0, 0.1) is 11.7 Å². The number of carbonyl (C=O) groups excluding carboxylic acids is 1. The standard InChI is InChI=1S/C17H24FN3O2/c18-14-3-1-13(2-4-14)16(22)10-20-17(23)19-9-12-7-8-21(11-12)15-5-6-15/h1-4,12,15-16,22H,5-11H2,(H2,19,20,23). The van der Waals surface area contributed by atoms with Crippen molar-refractivity contribution in [3.63, 3.8) is 0 Å². The summed E-state index contributed by atoms with van der Waals surface area (Å²) in [4.78, 5) is 14.3. The number of likely N-dealkylation sites (tertiary alicyclic amines) is 1. The lowest BCUT2D eigenvalue weighted by molar-refractivity contribution is 0.172. The molecule has 2 aliphatic rings. The van der Waals surface area contributed by atoms with Crippen molar-refractivity contribution >= 4 is 6.03 Å². The van der Waals surface area contributed by atoms with Crippen LogP contribution in [0.1, 0.15) is 30.9 Å². The van der Waals surface area contributed by atoms with Gasteiger partial charge in [-0.25, -0.2) is 9.18 Å². The Hall–Kier alpha value is -1.66. The number of hydrogen-bond acceptors (Lipinski definition) is 3. The van der Waals surface area contributed by atoms with E-state index in [0.717, 1.165) is 25.6 Å². The molecular formula is C17H24FN3O2. The van der Waals surface area contributed by atoms with Gasteiger partial charge in [-0.2, -0.15) is 0 Å². The monoisotopic (exact) mass is 321 g/mol. The maximum absolute atomic E-state index is 12.8. The van der Waals surface area contributed by atoms with Crippen molar-refractivity contribution in [3.05, 3.63) is 35.6 Å². The third-order valence-electron chi connectivity index (χ3n) is 4.64. The number of aliphatic hydroxyl groups is 1. The molecule has 1 aliphatic heterocycles. The van der Waals surface area contributed by atoms with Gasteiger partial charge in [0.15, 0.2) is 0 Å². The number of amides is 2. The quantitative estimate of drug-likeness (QED) is 0.746. The third kappa shape index (κ3) is 4.65. The van der Waals surface area contributed by atoms with Crippen LogP contribution in [0.25, 0.3) is 0 Å². The summed E-state index contributed by atoms with van der Waals surface area (Å²) in [6.07, 6.45) is 2.94. The molecule has 1 saturated carbocycles. The van der Waals surface area contributed by atoms with Crippen LogP contribution in [0.3, 0.4) is 0 Å². The normalized spacial score (nSPS) is 22.8. The molecule has 1 saturated heterocycles. The molecule has 0 spiro atoms. The number of benzene rings is 1. The average Bonchev–Trinajstić information content (AvgIpc) is 3.30. The predicted octanol–water partition coefficient (Wildman–Crippen LogP) is 1.64. The molecule has 6 heteroatoms. The van der Waals surface area contributed by atoms with E-state index in [1.807, 2.05) is 0 Å². The van der Waals surface area contributed by atoms with Crippen LogP contribution in [-0.2, 0) is 0 Å². The van der Waals surface area contributed by atoms with E-state index < -0.39 is 6.10 Å². The van der Waals surface area contributed by atoms with Crippen LogP contribution in [0.15, 0.2) is 24.3 Å². The van der Waals surface area contributed by atoms with Gasteiger partial charge >= 0.3 is 6.03 Å². The lowest BCUT2D eigenvalue weighted by Gasteiger charge is -2.16. The van der Waals surface area contributed by atoms with Crippen LogP contribution in [0.2, 0.25) is 0 Å². The molecule has 126 valence electrons. The minimum atomic E-state index is -0.835. The number of nitrogens with zero attached hydrogens (tertiary/aromatic N) is 1. The topological polar surface area (TPSA) is 64.6 Å². The van der Waals surface area contributed by atoms with Crippen LogP contribution in [0.5, 0.6) is 0 Å². The first-order chi connectivity index (χ1) is 11.1. The van der Waals surface area contributed by atoms with Gasteiger partial charge in [0, 0.05) is 25.7 Å². The summed E-state index contributed by atoms with van der Waals surface area (Å²) in [5, 5.41) is 15.5. The molecule has 23 heavy (non-hydrogen) atoms. The van der Waals surface area contributed by atoms with E-state index in [9.17, 15) is 14.3 Å². The Bertz CT molecular complexity index is 533. The van der Waals surface area contributed by atoms with Crippen LogP contribution in [-0.4, -0.2) is 48.3 Å². The second-order valence-corrected chi connectivity index (χ2v) is 6.54. The van der Waals surface area contributed by atoms with Gasteiger partial charge in [0.05, 0.1) is 6.10 Å². The fourth-order valence-electron chi connectivity index (χ4n) is 3.09. The van der Waals surface area contributed by atoms with Gasteiger partial charge in [-0.15, -0.1) is 0 Å². The Morgan fingerprint density at radius 1 is 1.26 bits per heavy atom. The van der Waals surface area contributed by atoms with Gasteiger partial charge in [-0.1, -0.05) is 12.1 Å². The molecule has 1 aliphatic carbocycles. The minimum absolute atomic E-state index is 0.107. The predicted molar refractivity (Wildman–Crippen MR) is 85.5 cm³/mol. The zero-order valence-corrected chi connectivity index (χ0v) is 13.2. The van der Waals surface area contributed by atoms with Crippen molar-refractivity contribution in [2.45, 2.75) is 31.4 Å². The first kappa shape index (κ1) is 16.2. The van der Waals surface area contributed by atoms with Gasteiger partial charge in [0.2, 0.25) is 0 Å². The summed E-state index contributed by atoms with van der Waals surface area (Å²) in [5.41, 5.74) is 0.586. The molecule has 2 atom stereocenters. The van der Waals surface area contributed by atoms with Gasteiger partial charge < -0.3 is 20.6 Å².